The van der Waals surface area contributed by atoms with E-state index in [0.29, 0.717) is 11.3 Å². The van der Waals surface area contributed by atoms with Gasteiger partial charge >= 0.3 is 0 Å². The van der Waals surface area contributed by atoms with Gasteiger partial charge in [-0.25, -0.2) is 0 Å². The number of nitro benzene ring substituents is 1. The maximum Gasteiger partial charge on any atom is 0.271 e. The molecule has 3 aromatic rings. The lowest BCUT2D eigenvalue weighted by molar-refractivity contribution is -0.384. The molecule has 0 aliphatic heterocycles. The van der Waals surface area contributed by atoms with Gasteiger partial charge in [0.15, 0.2) is 0 Å². The zero-order valence-electron chi connectivity index (χ0n) is 15.2. The van der Waals surface area contributed by atoms with Crippen molar-refractivity contribution < 1.29 is 14.5 Å². The Balaban J connectivity index is 1.94. The van der Waals surface area contributed by atoms with Gasteiger partial charge in [-0.05, 0) is 35.4 Å². The number of benzene rings is 3. The molecule has 140 valence electrons. The third kappa shape index (κ3) is 4.62. The van der Waals surface area contributed by atoms with E-state index in [1.165, 1.54) is 18.2 Å². The molecule has 0 aliphatic carbocycles. The Kier molecular flexibility index (Phi) is 5.81. The predicted molar refractivity (Wildman–Crippen MR) is 109 cm³/mol. The maximum atomic E-state index is 12.9. The summed E-state index contributed by atoms with van der Waals surface area (Å²) in [5.41, 5.74) is 2.28. The van der Waals surface area contributed by atoms with Gasteiger partial charge in [0, 0.05) is 23.4 Å². The topological polar surface area (TPSA) is 81.5 Å². The number of rotatable bonds is 6. The predicted octanol–water partition coefficient (Wildman–Crippen LogP) is 4.78. The van der Waals surface area contributed by atoms with E-state index in [9.17, 15) is 14.9 Å². The van der Waals surface area contributed by atoms with E-state index in [0.717, 1.165) is 16.9 Å². The Morgan fingerprint density at radius 1 is 1.00 bits per heavy atom. The lowest BCUT2D eigenvalue weighted by atomic mass is 10.0. The molecule has 0 spiro atoms. The smallest absolute Gasteiger partial charge is 0.271 e. The second-order valence-electron chi connectivity index (χ2n) is 5.96. The molecule has 1 amide bonds. The van der Waals surface area contributed by atoms with Crippen molar-refractivity contribution in [1.29, 1.82) is 0 Å². The van der Waals surface area contributed by atoms with E-state index in [-0.39, 0.29) is 11.6 Å². The Labute approximate surface area is 162 Å². The number of nitro groups is 1. The summed E-state index contributed by atoms with van der Waals surface area (Å²) in [4.78, 5) is 23.4. The van der Waals surface area contributed by atoms with Crippen LogP contribution in [-0.2, 0) is 4.79 Å². The van der Waals surface area contributed by atoms with Crippen LogP contribution in [0.1, 0.15) is 11.1 Å². The summed E-state index contributed by atoms with van der Waals surface area (Å²) in [6.07, 6.45) is 1.77. The third-order valence-electron chi connectivity index (χ3n) is 4.07. The fourth-order valence-electron chi connectivity index (χ4n) is 2.66. The van der Waals surface area contributed by atoms with Crippen molar-refractivity contribution in [3.63, 3.8) is 0 Å². The number of ether oxygens (including phenoxy) is 1. The van der Waals surface area contributed by atoms with Crippen LogP contribution in [0.3, 0.4) is 0 Å². The highest BCUT2D eigenvalue weighted by atomic mass is 16.6. The van der Waals surface area contributed by atoms with Crippen LogP contribution in [0, 0.1) is 10.1 Å². The zero-order valence-corrected chi connectivity index (χ0v) is 15.2. The Morgan fingerprint density at radius 3 is 2.36 bits per heavy atom. The molecule has 6 nitrogen and oxygen atoms in total. The Morgan fingerprint density at radius 2 is 1.71 bits per heavy atom. The lowest BCUT2D eigenvalue weighted by Crippen LogP contribution is -2.13. The minimum absolute atomic E-state index is 0.0850. The van der Waals surface area contributed by atoms with Crippen molar-refractivity contribution in [1.82, 2.24) is 0 Å². The number of nitrogens with one attached hydrogen (secondary N) is 1. The second kappa shape index (κ2) is 8.64. The average Bonchev–Trinajstić information content (AvgIpc) is 2.73. The van der Waals surface area contributed by atoms with Gasteiger partial charge < -0.3 is 10.1 Å². The first kappa shape index (κ1) is 18.8. The van der Waals surface area contributed by atoms with Gasteiger partial charge in [0.2, 0.25) is 0 Å². The summed E-state index contributed by atoms with van der Waals surface area (Å²) >= 11 is 0. The van der Waals surface area contributed by atoms with Crippen LogP contribution >= 0.6 is 0 Å². The molecule has 0 radical (unpaired) electrons. The van der Waals surface area contributed by atoms with Crippen LogP contribution in [-0.4, -0.2) is 17.9 Å². The van der Waals surface area contributed by atoms with Crippen LogP contribution in [0.5, 0.6) is 5.75 Å². The molecule has 3 aromatic carbocycles. The number of hydrogen-bond acceptors (Lipinski definition) is 4. The van der Waals surface area contributed by atoms with Crippen molar-refractivity contribution >= 4 is 28.9 Å². The minimum Gasteiger partial charge on any atom is -0.497 e. The molecule has 1 N–H and O–H groups in total. The summed E-state index contributed by atoms with van der Waals surface area (Å²) in [5, 5.41) is 13.7. The van der Waals surface area contributed by atoms with Crippen molar-refractivity contribution in [2.24, 2.45) is 0 Å². The summed E-state index contributed by atoms with van der Waals surface area (Å²) in [6.45, 7) is 0. The van der Waals surface area contributed by atoms with E-state index >= 15 is 0 Å². The fraction of sp³-hybridized carbons (Fsp3) is 0.0455. The van der Waals surface area contributed by atoms with E-state index in [1.54, 1.807) is 19.3 Å². The van der Waals surface area contributed by atoms with Gasteiger partial charge in [-0.15, -0.1) is 0 Å². The normalized spacial score (nSPS) is 11.0. The SMILES string of the molecule is COc1ccc(/C=C(\C(=O)Nc2cccc([N+](=O)[O-])c2)c2ccccc2)cc1. The van der Waals surface area contributed by atoms with E-state index in [4.69, 9.17) is 4.74 Å². The quantitative estimate of drug-likeness (QED) is 0.291. The number of amides is 1. The van der Waals surface area contributed by atoms with Crippen LogP contribution in [0.2, 0.25) is 0 Å². The minimum atomic E-state index is -0.499. The number of anilines is 1. The molecule has 28 heavy (non-hydrogen) atoms. The van der Waals surface area contributed by atoms with Crippen LogP contribution < -0.4 is 10.1 Å². The molecule has 6 heteroatoms. The van der Waals surface area contributed by atoms with Crippen LogP contribution in [0.15, 0.2) is 78.9 Å². The first-order valence-electron chi connectivity index (χ1n) is 8.54. The monoisotopic (exact) mass is 374 g/mol. The standard InChI is InChI=1S/C22H18N2O4/c1-28-20-12-10-16(11-13-20)14-21(17-6-3-2-4-7-17)22(25)23-18-8-5-9-19(15-18)24(26)27/h2-15H,1H3,(H,23,25)/b21-14-. The van der Waals surface area contributed by atoms with Gasteiger partial charge in [0.25, 0.3) is 11.6 Å². The number of non-ortho nitro benzene ring substituents is 1. The highest BCUT2D eigenvalue weighted by molar-refractivity contribution is 6.29. The maximum absolute atomic E-state index is 12.9. The molecule has 0 heterocycles. The summed E-state index contributed by atoms with van der Waals surface area (Å²) < 4.78 is 5.16. The molecule has 0 fully saturated rings. The number of methoxy groups -OCH3 is 1. The molecule has 0 aliphatic rings. The van der Waals surface area contributed by atoms with Gasteiger partial charge in [0.1, 0.15) is 5.75 Å². The summed E-state index contributed by atoms with van der Waals surface area (Å²) in [6, 6.07) is 22.4. The Hall–Kier alpha value is -3.93. The van der Waals surface area contributed by atoms with Gasteiger partial charge in [-0.2, -0.15) is 0 Å². The first-order valence-corrected chi connectivity index (χ1v) is 8.54. The average molecular weight is 374 g/mol. The van der Waals surface area contributed by atoms with Gasteiger partial charge in [-0.1, -0.05) is 48.5 Å². The van der Waals surface area contributed by atoms with Crippen molar-refractivity contribution in [2.75, 3.05) is 12.4 Å². The lowest BCUT2D eigenvalue weighted by Gasteiger charge is -2.10. The molecule has 0 saturated heterocycles. The van der Waals surface area contributed by atoms with E-state index in [2.05, 4.69) is 5.32 Å². The zero-order chi connectivity index (χ0) is 19.9. The molecular formula is C22H18N2O4. The molecular weight excluding hydrogens is 356 g/mol. The third-order valence-corrected chi connectivity index (χ3v) is 4.07. The van der Waals surface area contributed by atoms with E-state index < -0.39 is 4.92 Å². The van der Waals surface area contributed by atoms with Crippen molar-refractivity contribution in [3.05, 3.63) is 100 Å². The number of carbonyl (C=O) groups is 1. The van der Waals surface area contributed by atoms with Crippen LogP contribution in [0.25, 0.3) is 11.6 Å². The van der Waals surface area contributed by atoms with Gasteiger partial charge in [-0.3, -0.25) is 14.9 Å². The van der Waals surface area contributed by atoms with Gasteiger partial charge in [0.05, 0.1) is 12.0 Å². The highest BCUT2D eigenvalue weighted by Crippen LogP contribution is 2.23. The molecule has 0 saturated carbocycles. The summed E-state index contributed by atoms with van der Waals surface area (Å²) in [7, 11) is 1.59. The van der Waals surface area contributed by atoms with E-state index in [1.807, 2.05) is 54.6 Å². The van der Waals surface area contributed by atoms with Crippen molar-refractivity contribution in [3.8, 4) is 5.75 Å². The summed E-state index contributed by atoms with van der Waals surface area (Å²) in [5.74, 6) is 0.363. The second-order valence-corrected chi connectivity index (χ2v) is 5.96. The first-order chi connectivity index (χ1) is 13.6. The molecule has 3 rings (SSSR count). The highest BCUT2D eigenvalue weighted by Gasteiger charge is 2.14. The van der Waals surface area contributed by atoms with Crippen LogP contribution in [0.4, 0.5) is 11.4 Å². The number of hydrogen-bond donors (Lipinski definition) is 1. The molecule has 0 bridgehead atoms. The molecule has 0 unspecified atom stereocenters. The number of nitrogens with zero attached hydrogens (tertiary/aromatic N) is 1. The number of carbonyl (C=O) groups excluding carboxylic acids is 1. The largest absolute Gasteiger partial charge is 0.497 e. The molecule has 0 aromatic heterocycles. The Bertz CT molecular complexity index is 1010. The fourth-order valence-corrected chi connectivity index (χ4v) is 2.66. The van der Waals surface area contributed by atoms with Crippen molar-refractivity contribution in [2.45, 2.75) is 0 Å². The molecule has 0 atom stereocenters.